The van der Waals surface area contributed by atoms with Gasteiger partial charge in [-0.2, -0.15) is 0 Å². The van der Waals surface area contributed by atoms with Gasteiger partial charge in [-0.25, -0.2) is 0 Å². The number of amides is 1. The molecule has 1 amide bonds. The van der Waals surface area contributed by atoms with Gasteiger partial charge in [0.2, 0.25) is 5.91 Å². The fourth-order valence-corrected chi connectivity index (χ4v) is 4.12. The van der Waals surface area contributed by atoms with Gasteiger partial charge in [-0.3, -0.25) is 4.79 Å². The lowest BCUT2D eigenvalue weighted by Gasteiger charge is -2.46. The number of piperidine rings is 2. The molecule has 2 rings (SSSR count). The van der Waals surface area contributed by atoms with E-state index < -0.39 is 0 Å². The molecule has 2 heterocycles. The summed E-state index contributed by atoms with van der Waals surface area (Å²) in [5.41, 5.74) is 0.249. The van der Waals surface area contributed by atoms with Crippen molar-refractivity contribution in [3.63, 3.8) is 0 Å². The molecule has 2 saturated heterocycles. The van der Waals surface area contributed by atoms with E-state index in [0.29, 0.717) is 0 Å². The largest absolute Gasteiger partial charge is 0.342 e. The van der Waals surface area contributed by atoms with Gasteiger partial charge in [-0.1, -0.05) is 27.7 Å². The monoisotopic (exact) mass is 294 g/mol. The molecule has 3 nitrogen and oxygen atoms in total. The van der Waals surface area contributed by atoms with Gasteiger partial charge in [0, 0.05) is 26.6 Å². The molecule has 2 aliphatic rings. The van der Waals surface area contributed by atoms with Gasteiger partial charge in [0.05, 0.1) is 0 Å². The fraction of sp³-hybridized carbons (Fsp3) is 0.944. The van der Waals surface area contributed by atoms with E-state index in [0.717, 1.165) is 37.3 Å². The topological polar surface area (TPSA) is 23.6 Å². The van der Waals surface area contributed by atoms with E-state index >= 15 is 0 Å². The summed E-state index contributed by atoms with van der Waals surface area (Å²) in [6.07, 6.45) is 3.89. The van der Waals surface area contributed by atoms with E-state index in [2.05, 4.69) is 32.6 Å². The predicted molar refractivity (Wildman–Crippen MR) is 88.1 cm³/mol. The Bertz CT molecular complexity index is 356. The highest BCUT2D eigenvalue weighted by atomic mass is 16.2. The van der Waals surface area contributed by atoms with E-state index in [4.69, 9.17) is 0 Å². The summed E-state index contributed by atoms with van der Waals surface area (Å²) in [5, 5.41) is 0. The normalized spacial score (nSPS) is 28.1. The molecular formula is C18H34N2O. The van der Waals surface area contributed by atoms with Crippen LogP contribution in [0.1, 0.15) is 53.9 Å². The predicted octanol–water partition coefficient (Wildman–Crippen LogP) is 3.25. The fourth-order valence-electron chi connectivity index (χ4n) is 4.12. The van der Waals surface area contributed by atoms with Crippen LogP contribution in [0, 0.1) is 23.2 Å². The Kier molecular flexibility index (Phi) is 5.34. The third-order valence-electron chi connectivity index (χ3n) is 5.95. The Morgan fingerprint density at radius 3 is 2.24 bits per heavy atom. The van der Waals surface area contributed by atoms with Gasteiger partial charge in [-0.05, 0) is 55.5 Å². The molecule has 0 N–H and O–H groups in total. The van der Waals surface area contributed by atoms with Crippen LogP contribution in [0.2, 0.25) is 0 Å². The standard InChI is InChI=1S/C18H34N2O/c1-14(2)16-6-9-19(10-7-16)12-17-8-11-20(15(3)21)13-18(17,4)5/h14,16-17H,6-13H2,1-5H3/t17-/m0/s1. The first-order valence-corrected chi connectivity index (χ1v) is 8.77. The van der Waals surface area contributed by atoms with E-state index in [1.54, 1.807) is 6.92 Å². The molecule has 0 bridgehead atoms. The van der Waals surface area contributed by atoms with Crippen molar-refractivity contribution in [2.75, 3.05) is 32.7 Å². The molecule has 122 valence electrons. The second kappa shape index (κ2) is 6.68. The number of nitrogens with zero attached hydrogens (tertiary/aromatic N) is 2. The molecular weight excluding hydrogens is 260 g/mol. The molecule has 2 aliphatic heterocycles. The summed E-state index contributed by atoms with van der Waals surface area (Å²) in [7, 11) is 0. The smallest absolute Gasteiger partial charge is 0.219 e. The lowest BCUT2D eigenvalue weighted by Crippen LogP contribution is -2.51. The molecule has 0 aliphatic carbocycles. The summed E-state index contributed by atoms with van der Waals surface area (Å²) in [4.78, 5) is 16.3. The molecule has 0 unspecified atom stereocenters. The number of hydrogen-bond acceptors (Lipinski definition) is 2. The van der Waals surface area contributed by atoms with Crippen LogP contribution < -0.4 is 0 Å². The third-order valence-corrected chi connectivity index (χ3v) is 5.95. The first-order valence-electron chi connectivity index (χ1n) is 8.77. The summed E-state index contributed by atoms with van der Waals surface area (Å²) in [5.74, 6) is 2.72. The van der Waals surface area contributed by atoms with Gasteiger partial charge in [0.15, 0.2) is 0 Å². The zero-order valence-electron chi connectivity index (χ0n) is 14.7. The van der Waals surface area contributed by atoms with Crippen LogP contribution in [0.3, 0.4) is 0 Å². The number of likely N-dealkylation sites (tertiary alicyclic amines) is 2. The van der Waals surface area contributed by atoms with Crippen molar-refractivity contribution in [1.82, 2.24) is 9.80 Å². The third kappa shape index (κ3) is 4.21. The average Bonchev–Trinajstić information content (AvgIpc) is 2.41. The SMILES string of the molecule is CC(=O)N1CC[C@@H](CN2CCC(C(C)C)CC2)C(C)(C)C1. The van der Waals surface area contributed by atoms with Crippen LogP contribution in [-0.2, 0) is 4.79 Å². The minimum Gasteiger partial charge on any atom is -0.342 e. The van der Waals surface area contributed by atoms with Crippen LogP contribution in [0.25, 0.3) is 0 Å². The minimum absolute atomic E-state index is 0.235. The summed E-state index contributed by atoms with van der Waals surface area (Å²) in [6, 6.07) is 0. The molecule has 0 aromatic heterocycles. The van der Waals surface area contributed by atoms with E-state index in [-0.39, 0.29) is 11.3 Å². The average molecular weight is 294 g/mol. The van der Waals surface area contributed by atoms with Crippen molar-refractivity contribution in [3.05, 3.63) is 0 Å². The lowest BCUT2D eigenvalue weighted by atomic mass is 9.73. The molecule has 0 saturated carbocycles. The molecule has 0 spiro atoms. The minimum atomic E-state index is 0.235. The molecule has 1 atom stereocenters. The maximum Gasteiger partial charge on any atom is 0.219 e. The molecule has 0 aromatic carbocycles. The van der Waals surface area contributed by atoms with Gasteiger partial charge in [0.25, 0.3) is 0 Å². The van der Waals surface area contributed by atoms with Crippen LogP contribution in [-0.4, -0.2) is 48.4 Å². The Morgan fingerprint density at radius 2 is 1.76 bits per heavy atom. The molecule has 21 heavy (non-hydrogen) atoms. The molecule has 2 fully saturated rings. The van der Waals surface area contributed by atoms with Crippen molar-refractivity contribution < 1.29 is 4.79 Å². The van der Waals surface area contributed by atoms with Crippen molar-refractivity contribution in [3.8, 4) is 0 Å². The quantitative estimate of drug-likeness (QED) is 0.798. The highest BCUT2D eigenvalue weighted by Crippen LogP contribution is 2.36. The Labute approximate surface area is 131 Å². The van der Waals surface area contributed by atoms with Gasteiger partial charge in [-0.15, -0.1) is 0 Å². The molecule has 0 aromatic rings. The second-order valence-electron chi connectivity index (χ2n) is 8.30. The maximum absolute atomic E-state index is 11.6. The van der Waals surface area contributed by atoms with Crippen molar-refractivity contribution in [2.45, 2.75) is 53.9 Å². The number of rotatable bonds is 3. The first-order chi connectivity index (χ1) is 9.79. The van der Waals surface area contributed by atoms with E-state index in [1.807, 2.05) is 4.90 Å². The van der Waals surface area contributed by atoms with Crippen molar-refractivity contribution in [1.29, 1.82) is 0 Å². The summed E-state index contributed by atoms with van der Waals surface area (Å²) >= 11 is 0. The molecule has 0 radical (unpaired) electrons. The van der Waals surface area contributed by atoms with Crippen LogP contribution >= 0.6 is 0 Å². The summed E-state index contributed by atoms with van der Waals surface area (Å²) < 4.78 is 0. The van der Waals surface area contributed by atoms with Crippen LogP contribution in [0.4, 0.5) is 0 Å². The Balaban J connectivity index is 1.85. The van der Waals surface area contributed by atoms with Crippen LogP contribution in [0.5, 0.6) is 0 Å². The lowest BCUT2D eigenvalue weighted by molar-refractivity contribution is -0.133. The summed E-state index contributed by atoms with van der Waals surface area (Å²) in [6.45, 7) is 16.7. The Morgan fingerprint density at radius 1 is 1.14 bits per heavy atom. The van der Waals surface area contributed by atoms with Crippen LogP contribution in [0.15, 0.2) is 0 Å². The zero-order chi connectivity index (χ0) is 15.6. The second-order valence-corrected chi connectivity index (χ2v) is 8.30. The first kappa shape index (κ1) is 16.8. The van der Waals surface area contributed by atoms with E-state index in [9.17, 15) is 4.79 Å². The highest BCUT2D eigenvalue weighted by Gasteiger charge is 2.37. The number of carbonyl (C=O) groups is 1. The van der Waals surface area contributed by atoms with Gasteiger partial charge in [0.1, 0.15) is 0 Å². The zero-order valence-corrected chi connectivity index (χ0v) is 14.7. The van der Waals surface area contributed by atoms with Gasteiger partial charge < -0.3 is 9.80 Å². The van der Waals surface area contributed by atoms with Crippen molar-refractivity contribution >= 4 is 5.91 Å². The van der Waals surface area contributed by atoms with Gasteiger partial charge >= 0.3 is 0 Å². The Hall–Kier alpha value is -0.570. The number of hydrogen-bond donors (Lipinski definition) is 0. The molecule has 3 heteroatoms. The maximum atomic E-state index is 11.6. The van der Waals surface area contributed by atoms with E-state index in [1.165, 1.54) is 32.5 Å². The number of carbonyl (C=O) groups excluding carboxylic acids is 1. The highest BCUT2D eigenvalue weighted by molar-refractivity contribution is 5.73. The van der Waals surface area contributed by atoms with Crippen molar-refractivity contribution in [2.24, 2.45) is 23.2 Å².